The number of hydrogen-bond donors (Lipinski definition) is 3. The van der Waals surface area contributed by atoms with Crippen molar-refractivity contribution in [3.05, 3.63) is 0 Å². The molecule has 0 radical (unpaired) electrons. The quantitative estimate of drug-likeness (QED) is 0.623. The molecule has 0 aromatic carbocycles. The molecule has 1 rings (SSSR count). The van der Waals surface area contributed by atoms with Gasteiger partial charge in [0, 0.05) is 18.7 Å². The highest BCUT2D eigenvalue weighted by atomic mass is 16.3. The zero-order valence-corrected chi connectivity index (χ0v) is 12.5. The number of carbonyl (C=O) groups excluding carboxylic acids is 1. The third-order valence-electron chi connectivity index (χ3n) is 4.06. The first-order valence-corrected chi connectivity index (χ1v) is 7.83. The molecule has 0 aromatic heterocycles. The fourth-order valence-electron chi connectivity index (χ4n) is 2.71. The van der Waals surface area contributed by atoms with Crippen molar-refractivity contribution in [3.63, 3.8) is 0 Å². The van der Waals surface area contributed by atoms with E-state index < -0.39 is 0 Å². The molecule has 0 saturated heterocycles. The summed E-state index contributed by atoms with van der Waals surface area (Å²) in [5, 5.41) is 15.1. The summed E-state index contributed by atoms with van der Waals surface area (Å²) >= 11 is 0. The van der Waals surface area contributed by atoms with Crippen molar-refractivity contribution in [2.75, 3.05) is 6.61 Å². The summed E-state index contributed by atoms with van der Waals surface area (Å²) in [6.45, 7) is 4.54. The van der Waals surface area contributed by atoms with E-state index in [2.05, 4.69) is 24.5 Å². The van der Waals surface area contributed by atoms with Crippen LogP contribution in [0.4, 0.5) is 4.79 Å². The summed E-state index contributed by atoms with van der Waals surface area (Å²) in [4.78, 5) is 11.8. The number of hydrogen-bond acceptors (Lipinski definition) is 2. The third-order valence-corrected chi connectivity index (χ3v) is 4.06. The molecule has 1 unspecified atom stereocenters. The van der Waals surface area contributed by atoms with Crippen LogP contribution in [-0.2, 0) is 0 Å². The maximum absolute atomic E-state index is 11.8. The number of unbranched alkanes of at least 4 members (excludes halogenated alkanes) is 2. The standard InChI is InChI=1S/C15H30N2O2/c1-3-4-5-6-12(2)16-15(19)17-14-9-7-13(11-18)8-10-14/h12-14,18H,3-11H2,1-2H3,(H2,16,17,19). The second kappa shape index (κ2) is 9.18. The van der Waals surface area contributed by atoms with Gasteiger partial charge >= 0.3 is 6.03 Å². The highest BCUT2D eigenvalue weighted by Crippen LogP contribution is 2.23. The lowest BCUT2D eigenvalue weighted by Gasteiger charge is -2.28. The molecular formula is C15H30N2O2. The molecule has 4 nitrogen and oxygen atoms in total. The summed E-state index contributed by atoms with van der Waals surface area (Å²) < 4.78 is 0. The van der Waals surface area contributed by atoms with Crippen LogP contribution in [0.25, 0.3) is 0 Å². The van der Waals surface area contributed by atoms with E-state index in [0.29, 0.717) is 5.92 Å². The minimum Gasteiger partial charge on any atom is -0.396 e. The lowest BCUT2D eigenvalue weighted by atomic mass is 9.87. The van der Waals surface area contributed by atoms with Crippen molar-refractivity contribution in [1.82, 2.24) is 10.6 Å². The predicted octanol–water partition coefficient (Wildman–Crippen LogP) is 2.81. The Kier molecular flexibility index (Phi) is 7.87. The molecule has 0 bridgehead atoms. The van der Waals surface area contributed by atoms with Crippen LogP contribution in [-0.4, -0.2) is 29.8 Å². The van der Waals surface area contributed by atoms with Crippen molar-refractivity contribution < 1.29 is 9.90 Å². The van der Waals surface area contributed by atoms with Gasteiger partial charge in [-0.2, -0.15) is 0 Å². The van der Waals surface area contributed by atoms with Crippen molar-refractivity contribution in [1.29, 1.82) is 0 Å². The minimum atomic E-state index is -0.0311. The predicted molar refractivity (Wildman–Crippen MR) is 78.1 cm³/mol. The number of carbonyl (C=O) groups is 1. The average Bonchev–Trinajstić information content (AvgIpc) is 2.39. The van der Waals surface area contributed by atoms with Gasteiger partial charge in [0.1, 0.15) is 0 Å². The Balaban J connectivity index is 2.13. The van der Waals surface area contributed by atoms with Gasteiger partial charge in [0.05, 0.1) is 0 Å². The molecule has 0 aromatic rings. The van der Waals surface area contributed by atoms with E-state index in [1.807, 2.05) is 0 Å². The van der Waals surface area contributed by atoms with Crippen LogP contribution in [0.15, 0.2) is 0 Å². The highest BCUT2D eigenvalue weighted by molar-refractivity contribution is 5.74. The first kappa shape index (κ1) is 16.3. The number of nitrogens with one attached hydrogen (secondary N) is 2. The molecule has 1 aliphatic rings. The molecule has 2 amide bonds. The molecule has 4 heteroatoms. The molecule has 0 aliphatic heterocycles. The average molecular weight is 270 g/mol. The minimum absolute atomic E-state index is 0.0311. The first-order chi connectivity index (χ1) is 9.15. The number of amides is 2. The fraction of sp³-hybridized carbons (Fsp3) is 0.933. The Hall–Kier alpha value is -0.770. The number of rotatable bonds is 7. The van der Waals surface area contributed by atoms with Crippen LogP contribution in [0.5, 0.6) is 0 Å². The summed E-state index contributed by atoms with van der Waals surface area (Å²) in [5.74, 6) is 0.439. The number of urea groups is 1. The Morgan fingerprint density at radius 3 is 2.53 bits per heavy atom. The molecule has 0 spiro atoms. The molecule has 3 N–H and O–H groups in total. The molecule has 112 valence electrons. The summed E-state index contributed by atoms with van der Waals surface area (Å²) in [7, 11) is 0. The molecular weight excluding hydrogens is 240 g/mol. The van der Waals surface area contributed by atoms with E-state index in [4.69, 9.17) is 5.11 Å². The summed E-state index contributed by atoms with van der Waals surface area (Å²) in [6, 6.07) is 0.502. The van der Waals surface area contributed by atoms with Gasteiger partial charge in [-0.25, -0.2) is 4.79 Å². The smallest absolute Gasteiger partial charge is 0.315 e. The number of aliphatic hydroxyl groups is 1. The molecule has 1 aliphatic carbocycles. The fourth-order valence-corrected chi connectivity index (χ4v) is 2.71. The van der Waals surface area contributed by atoms with Gasteiger partial charge < -0.3 is 15.7 Å². The van der Waals surface area contributed by atoms with E-state index in [0.717, 1.165) is 32.1 Å². The van der Waals surface area contributed by atoms with Crippen molar-refractivity contribution >= 4 is 6.03 Å². The van der Waals surface area contributed by atoms with Crippen LogP contribution in [0.2, 0.25) is 0 Å². The normalized spacial score (nSPS) is 24.8. The number of aliphatic hydroxyl groups excluding tert-OH is 1. The van der Waals surface area contributed by atoms with Crippen molar-refractivity contribution in [3.8, 4) is 0 Å². The van der Waals surface area contributed by atoms with Gasteiger partial charge in [0.15, 0.2) is 0 Å². The van der Waals surface area contributed by atoms with E-state index in [-0.39, 0.29) is 24.7 Å². The Bertz CT molecular complexity index is 251. The van der Waals surface area contributed by atoms with Crippen LogP contribution in [0.3, 0.4) is 0 Å². The van der Waals surface area contributed by atoms with Crippen molar-refractivity contribution in [2.45, 2.75) is 77.3 Å². The first-order valence-electron chi connectivity index (χ1n) is 7.83. The molecule has 19 heavy (non-hydrogen) atoms. The highest BCUT2D eigenvalue weighted by Gasteiger charge is 2.22. The van der Waals surface area contributed by atoms with Crippen LogP contribution in [0, 0.1) is 5.92 Å². The lowest BCUT2D eigenvalue weighted by Crippen LogP contribution is -2.46. The van der Waals surface area contributed by atoms with E-state index in [9.17, 15) is 4.79 Å². The zero-order chi connectivity index (χ0) is 14.1. The molecule has 1 saturated carbocycles. The summed E-state index contributed by atoms with van der Waals surface area (Å²) in [6.07, 6.45) is 8.70. The van der Waals surface area contributed by atoms with Crippen LogP contribution < -0.4 is 10.6 Å². The lowest BCUT2D eigenvalue weighted by molar-refractivity contribution is 0.174. The van der Waals surface area contributed by atoms with Gasteiger partial charge in [0.2, 0.25) is 0 Å². The maximum Gasteiger partial charge on any atom is 0.315 e. The Morgan fingerprint density at radius 2 is 1.95 bits per heavy atom. The molecule has 1 atom stereocenters. The van der Waals surface area contributed by atoms with Gasteiger partial charge in [-0.15, -0.1) is 0 Å². The molecule has 0 heterocycles. The Labute approximate surface area is 117 Å². The third kappa shape index (κ3) is 6.81. The van der Waals surface area contributed by atoms with E-state index in [1.165, 1.54) is 19.3 Å². The molecule has 1 fully saturated rings. The van der Waals surface area contributed by atoms with Crippen LogP contribution >= 0.6 is 0 Å². The van der Waals surface area contributed by atoms with Gasteiger partial charge in [-0.3, -0.25) is 0 Å². The maximum atomic E-state index is 11.8. The second-order valence-electron chi connectivity index (χ2n) is 5.91. The SMILES string of the molecule is CCCCCC(C)NC(=O)NC1CCC(CO)CC1. The topological polar surface area (TPSA) is 61.4 Å². The zero-order valence-electron chi connectivity index (χ0n) is 12.5. The van der Waals surface area contributed by atoms with Crippen molar-refractivity contribution in [2.24, 2.45) is 5.92 Å². The van der Waals surface area contributed by atoms with E-state index in [1.54, 1.807) is 0 Å². The van der Waals surface area contributed by atoms with Crippen LogP contribution in [0.1, 0.15) is 65.2 Å². The second-order valence-corrected chi connectivity index (χ2v) is 5.91. The Morgan fingerprint density at radius 1 is 1.26 bits per heavy atom. The van der Waals surface area contributed by atoms with Gasteiger partial charge in [-0.05, 0) is 44.9 Å². The van der Waals surface area contributed by atoms with Gasteiger partial charge in [0.25, 0.3) is 0 Å². The van der Waals surface area contributed by atoms with E-state index >= 15 is 0 Å². The monoisotopic (exact) mass is 270 g/mol. The summed E-state index contributed by atoms with van der Waals surface area (Å²) in [5.41, 5.74) is 0. The van der Waals surface area contributed by atoms with Gasteiger partial charge in [-0.1, -0.05) is 26.2 Å². The largest absolute Gasteiger partial charge is 0.396 e.